The van der Waals surface area contributed by atoms with Gasteiger partial charge in [-0.05, 0) is 30.7 Å². The summed E-state index contributed by atoms with van der Waals surface area (Å²) in [6.45, 7) is 0.203. The molecule has 0 radical (unpaired) electrons. The van der Waals surface area contributed by atoms with Gasteiger partial charge in [-0.2, -0.15) is 0 Å². The van der Waals surface area contributed by atoms with Crippen LogP contribution in [0.5, 0.6) is 0 Å². The summed E-state index contributed by atoms with van der Waals surface area (Å²) in [4.78, 5) is 11.0. The van der Waals surface area contributed by atoms with Crippen LogP contribution in [0.4, 0.5) is 0 Å². The Balaban J connectivity index is 3.08. The van der Waals surface area contributed by atoms with Crippen molar-refractivity contribution in [3.63, 3.8) is 0 Å². The van der Waals surface area contributed by atoms with Crippen molar-refractivity contribution in [1.82, 2.24) is 0 Å². The van der Waals surface area contributed by atoms with Crippen molar-refractivity contribution in [2.75, 3.05) is 6.54 Å². The zero-order chi connectivity index (χ0) is 13.0. The van der Waals surface area contributed by atoms with E-state index in [1.165, 1.54) is 18.2 Å². The van der Waals surface area contributed by atoms with Crippen LogP contribution in [-0.2, 0) is 0 Å². The second-order valence-electron chi connectivity index (χ2n) is 3.63. The molecule has 2 atom stereocenters. The van der Waals surface area contributed by atoms with Crippen molar-refractivity contribution in [3.05, 3.63) is 34.3 Å². The first kappa shape index (κ1) is 13.9. The molecule has 0 saturated heterocycles. The lowest BCUT2D eigenvalue weighted by atomic mass is 9.97. The molecule has 0 aliphatic heterocycles. The molecule has 2 unspecified atom stereocenters. The highest BCUT2D eigenvalue weighted by Crippen LogP contribution is 2.25. The van der Waals surface area contributed by atoms with Gasteiger partial charge in [-0.15, -0.1) is 0 Å². The summed E-state index contributed by atoms with van der Waals surface area (Å²) in [5.41, 5.74) is 5.26. The Labute approximate surface area is 103 Å². The largest absolute Gasteiger partial charge is 0.478 e. The average Bonchev–Trinajstić information content (AvgIpc) is 2.28. The van der Waals surface area contributed by atoms with E-state index in [0.717, 1.165) is 0 Å². The molecule has 5 nitrogen and oxygen atoms in total. The second-order valence-corrected chi connectivity index (χ2v) is 4.06. The van der Waals surface area contributed by atoms with Crippen LogP contribution in [0.25, 0.3) is 0 Å². The van der Waals surface area contributed by atoms with Crippen molar-refractivity contribution in [2.45, 2.75) is 18.6 Å². The number of aliphatic hydroxyl groups excluding tert-OH is 2. The monoisotopic (exact) mass is 259 g/mol. The number of halogens is 1. The normalized spacial score (nSPS) is 14.4. The van der Waals surface area contributed by atoms with Crippen LogP contribution < -0.4 is 5.73 Å². The number of rotatable bonds is 5. The highest BCUT2D eigenvalue weighted by molar-refractivity contribution is 6.30. The van der Waals surface area contributed by atoms with Crippen molar-refractivity contribution >= 4 is 17.6 Å². The smallest absolute Gasteiger partial charge is 0.336 e. The summed E-state index contributed by atoms with van der Waals surface area (Å²) in [5, 5.41) is 28.7. The van der Waals surface area contributed by atoms with Crippen molar-refractivity contribution in [1.29, 1.82) is 0 Å². The molecule has 17 heavy (non-hydrogen) atoms. The van der Waals surface area contributed by atoms with Crippen molar-refractivity contribution in [2.24, 2.45) is 5.73 Å². The number of hydrogen-bond donors (Lipinski definition) is 4. The molecule has 1 aromatic carbocycles. The van der Waals surface area contributed by atoms with Crippen LogP contribution >= 0.6 is 11.6 Å². The molecular weight excluding hydrogens is 246 g/mol. The van der Waals surface area contributed by atoms with E-state index >= 15 is 0 Å². The first-order valence-electron chi connectivity index (χ1n) is 5.06. The van der Waals surface area contributed by atoms with E-state index in [9.17, 15) is 15.0 Å². The number of hydrogen-bond acceptors (Lipinski definition) is 4. The standard InChI is InChI=1S/C11H14ClNO4/c12-6-1-2-7(8(5-6)11(16)17)10(15)9(14)3-4-13/h1-2,5,9-10,14-15H,3-4,13H2,(H,16,17). The van der Waals surface area contributed by atoms with E-state index in [-0.39, 0.29) is 29.1 Å². The molecule has 0 bridgehead atoms. The number of carboxylic acid groups (broad SMARTS) is 1. The lowest BCUT2D eigenvalue weighted by molar-refractivity contribution is 0.0141. The number of aromatic carboxylic acids is 1. The quantitative estimate of drug-likeness (QED) is 0.626. The molecule has 5 N–H and O–H groups in total. The minimum Gasteiger partial charge on any atom is -0.478 e. The van der Waals surface area contributed by atoms with E-state index in [1.807, 2.05) is 0 Å². The van der Waals surface area contributed by atoms with Crippen LogP contribution in [0.2, 0.25) is 5.02 Å². The lowest BCUT2D eigenvalue weighted by Gasteiger charge is -2.19. The fourth-order valence-electron chi connectivity index (χ4n) is 1.51. The molecule has 0 heterocycles. The Morgan fingerprint density at radius 1 is 1.41 bits per heavy atom. The molecule has 0 fully saturated rings. The maximum Gasteiger partial charge on any atom is 0.336 e. The minimum absolute atomic E-state index is 0.124. The number of benzene rings is 1. The molecule has 1 rings (SSSR count). The van der Waals surface area contributed by atoms with Gasteiger partial charge in [0.15, 0.2) is 0 Å². The minimum atomic E-state index is -1.29. The van der Waals surface area contributed by atoms with Crippen molar-refractivity contribution in [3.8, 4) is 0 Å². The first-order chi connectivity index (χ1) is 7.97. The number of aliphatic hydroxyl groups is 2. The molecule has 94 valence electrons. The van der Waals surface area contributed by atoms with Gasteiger partial charge in [-0.25, -0.2) is 4.79 Å². The van der Waals surface area contributed by atoms with Gasteiger partial charge in [0, 0.05) is 5.02 Å². The van der Waals surface area contributed by atoms with Crippen LogP contribution in [0.15, 0.2) is 18.2 Å². The first-order valence-corrected chi connectivity index (χ1v) is 5.44. The van der Waals surface area contributed by atoms with Gasteiger partial charge >= 0.3 is 5.97 Å². The van der Waals surface area contributed by atoms with Gasteiger partial charge in [-0.3, -0.25) is 0 Å². The molecule has 0 saturated carbocycles. The summed E-state index contributed by atoms with van der Waals surface area (Å²) >= 11 is 5.68. The zero-order valence-corrected chi connectivity index (χ0v) is 9.76. The third kappa shape index (κ3) is 3.41. The fourth-order valence-corrected chi connectivity index (χ4v) is 1.68. The molecular formula is C11H14ClNO4. The Hall–Kier alpha value is -1.14. The topological polar surface area (TPSA) is 104 Å². The van der Waals surface area contributed by atoms with Crippen LogP contribution in [0.3, 0.4) is 0 Å². The Bertz CT molecular complexity index is 410. The maximum absolute atomic E-state index is 11.0. The lowest BCUT2D eigenvalue weighted by Crippen LogP contribution is -2.23. The number of carboxylic acids is 1. The fraction of sp³-hybridized carbons (Fsp3) is 0.364. The van der Waals surface area contributed by atoms with Gasteiger partial charge in [-0.1, -0.05) is 17.7 Å². The average molecular weight is 260 g/mol. The van der Waals surface area contributed by atoms with Gasteiger partial charge < -0.3 is 21.1 Å². The summed E-state index contributed by atoms with van der Waals surface area (Å²) in [7, 11) is 0. The molecule has 0 amide bonds. The van der Waals surface area contributed by atoms with Crippen LogP contribution in [0, 0.1) is 0 Å². The molecule has 0 aliphatic rings. The zero-order valence-electron chi connectivity index (χ0n) is 9.01. The van der Waals surface area contributed by atoms with Gasteiger partial charge in [0.05, 0.1) is 11.7 Å². The maximum atomic E-state index is 11.0. The van der Waals surface area contributed by atoms with Gasteiger partial charge in [0.2, 0.25) is 0 Å². The van der Waals surface area contributed by atoms with Crippen LogP contribution in [0.1, 0.15) is 28.4 Å². The van der Waals surface area contributed by atoms with Crippen molar-refractivity contribution < 1.29 is 20.1 Å². The summed E-state index contributed by atoms with van der Waals surface area (Å²) < 4.78 is 0. The van der Waals surface area contributed by atoms with Gasteiger partial charge in [0.25, 0.3) is 0 Å². The molecule has 0 aliphatic carbocycles. The summed E-state index contributed by atoms with van der Waals surface area (Å²) in [5.74, 6) is -1.21. The van der Waals surface area contributed by atoms with E-state index < -0.39 is 18.2 Å². The summed E-state index contributed by atoms with van der Waals surface area (Å²) in [6, 6.07) is 4.08. The summed E-state index contributed by atoms with van der Waals surface area (Å²) in [6.07, 6.45) is -2.20. The second kappa shape index (κ2) is 5.97. The van der Waals surface area contributed by atoms with E-state index in [0.29, 0.717) is 0 Å². The van der Waals surface area contributed by atoms with E-state index in [2.05, 4.69) is 0 Å². The highest BCUT2D eigenvalue weighted by atomic mass is 35.5. The predicted molar refractivity (Wildman–Crippen MR) is 63.0 cm³/mol. The third-order valence-electron chi connectivity index (χ3n) is 2.39. The molecule has 0 aromatic heterocycles. The van der Waals surface area contributed by atoms with E-state index in [4.69, 9.17) is 22.4 Å². The molecule has 6 heteroatoms. The molecule has 0 spiro atoms. The number of nitrogens with two attached hydrogens (primary N) is 1. The highest BCUT2D eigenvalue weighted by Gasteiger charge is 2.23. The molecule has 1 aromatic rings. The Morgan fingerprint density at radius 2 is 2.06 bits per heavy atom. The SMILES string of the molecule is NCCC(O)C(O)c1ccc(Cl)cc1C(=O)O. The third-order valence-corrected chi connectivity index (χ3v) is 2.63. The number of carbonyl (C=O) groups is 1. The predicted octanol–water partition coefficient (Wildman–Crippen LogP) is 0.781. The Kier molecular flexibility index (Phi) is 4.89. The Morgan fingerprint density at radius 3 is 2.59 bits per heavy atom. The van der Waals surface area contributed by atoms with Gasteiger partial charge in [0.1, 0.15) is 6.10 Å². The van der Waals surface area contributed by atoms with E-state index in [1.54, 1.807) is 0 Å². The van der Waals surface area contributed by atoms with Crippen LogP contribution in [-0.4, -0.2) is 33.9 Å².